The average molecular weight is 357 g/mol. The van der Waals surface area contributed by atoms with E-state index < -0.39 is 5.67 Å². The first-order chi connectivity index (χ1) is 12.4. The summed E-state index contributed by atoms with van der Waals surface area (Å²) < 4.78 is 14.7. The van der Waals surface area contributed by atoms with Crippen molar-refractivity contribution in [2.75, 3.05) is 17.7 Å². The highest BCUT2D eigenvalue weighted by Crippen LogP contribution is 2.36. The van der Waals surface area contributed by atoms with Crippen molar-refractivity contribution in [2.45, 2.75) is 44.8 Å². The summed E-state index contributed by atoms with van der Waals surface area (Å²) in [7, 11) is 1.56. The van der Waals surface area contributed by atoms with E-state index in [0.29, 0.717) is 29.3 Å². The van der Waals surface area contributed by atoms with Crippen molar-refractivity contribution in [1.82, 2.24) is 15.3 Å². The highest BCUT2D eigenvalue weighted by atomic mass is 19.1. The number of amides is 1. The summed E-state index contributed by atoms with van der Waals surface area (Å²) in [6, 6.07) is 5.19. The summed E-state index contributed by atoms with van der Waals surface area (Å²) in [4.78, 5) is 20.7. The summed E-state index contributed by atoms with van der Waals surface area (Å²) in [6.07, 6.45) is 5.31. The Hall–Kier alpha value is -2.70. The predicted molar refractivity (Wildman–Crippen MR) is 101 cm³/mol. The van der Waals surface area contributed by atoms with Gasteiger partial charge in [-0.1, -0.05) is 6.07 Å². The van der Waals surface area contributed by atoms with E-state index in [-0.39, 0.29) is 11.9 Å². The molecule has 0 radical (unpaired) electrons. The Kier molecular flexibility index (Phi) is 5.06. The van der Waals surface area contributed by atoms with Crippen LogP contribution in [0.3, 0.4) is 0 Å². The SMILES string of the molecule is CNC(=O)c1cnc(Nc2ccc(C)cn2)cc1N[C@H]1CCCC1(C)F. The summed E-state index contributed by atoms with van der Waals surface area (Å²) >= 11 is 0. The second-order valence-corrected chi connectivity index (χ2v) is 6.91. The molecule has 0 saturated heterocycles. The highest BCUT2D eigenvalue weighted by Gasteiger charge is 2.39. The fourth-order valence-corrected chi connectivity index (χ4v) is 3.17. The van der Waals surface area contributed by atoms with E-state index in [9.17, 15) is 9.18 Å². The molecule has 2 atom stereocenters. The predicted octanol–water partition coefficient (Wildman–Crippen LogP) is 3.58. The number of alkyl halides is 1. The molecule has 2 heterocycles. The zero-order chi connectivity index (χ0) is 18.7. The molecule has 0 bridgehead atoms. The summed E-state index contributed by atoms with van der Waals surface area (Å²) in [5, 5.41) is 8.92. The molecule has 1 aliphatic carbocycles. The lowest BCUT2D eigenvalue weighted by atomic mass is 10.0. The molecule has 0 spiro atoms. The van der Waals surface area contributed by atoms with Crippen LogP contribution >= 0.6 is 0 Å². The second kappa shape index (κ2) is 7.27. The largest absolute Gasteiger partial charge is 0.378 e. The van der Waals surface area contributed by atoms with Gasteiger partial charge < -0.3 is 16.0 Å². The minimum absolute atomic E-state index is 0.265. The van der Waals surface area contributed by atoms with Crippen molar-refractivity contribution < 1.29 is 9.18 Å². The summed E-state index contributed by atoms with van der Waals surface area (Å²) in [5.74, 6) is 0.923. The molecule has 7 heteroatoms. The normalized spacial score (nSPS) is 22.1. The molecule has 3 rings (SSSR count). The first-order valence-electron chi connectivity index (χ1n) is 8.76. The Labute approximate surface area is 152 Å². The quantitative estimate of drug-likeness (QED) is 0.762. The van der Waals surface area contributed by atoms with Crippen LogP contribution in [0.5, 0.6) is 0 Å². The molecule has 6 nitrogen and oxygen atoms in total. The molecule has 1 fully saturated rings. The van der Waals surface area contributed by atoms with E-state index in [1.54, 1.807) is 26.2 Å². The van der Waals surface area contributed by atoms with E-state index in [2.05, 4.69) is 25.9 Å². The Morgan fingerprint density at radius 1 is 1.27 bits per heavy atom. The fourth-order valence-electron chi connectivity index (χ4n) is 3.17. The molecule has 1 aliphatic rings. The van der Waals surface area contributed by atoms with Gasteiger partial charge in [0.05, 0.1) is 17.3 Å². The van der Waals surface area contributed by atoms with Crippen LogP contribution in [0.4, 0.5) is 21.7 Å². The first kappa shape index (κ1) is 18.1. The summed E-state index contributed by atoms with van der Waals surface area (Å²) in [6.45, 7) is 3.57. The fraction of sp³-hybridized carbons (Fsp3) is 0.421. The number of aromatic nitrogens is 2. The Balaban J connectivity index is 1.88. The molecular formula is C19H24FN5O. The molecule has 26 heavy (non-hydrogen) atoms. The molecule has 1 saturated carbocycles. The topological polar surface area (TPSA) is 78.9 Å². The lowest BCUT2D eigenvalue weighted by Crippen LogP contribution is -2.36. The lowest BCUT2D eigenvalue weighted by molar-refractivity contribution is 0.0963. The van der Waals surface area contributed by atoms with Gasteiger partial charge in [-0.05, 0) is 44.7 Å². The van der Waals surface area contributed by atoms with Gasteiger partial charge in [-0.15, -0.1) is 0 Å². The van der Waals surface area contributed by atoms with Gasteiger partial charge in [-0.2, -0.15) is 0 Å². The monoisotopic (exact) mass is 357 g/mol. The third-order valence-corrected chi connectivity index (χ3v) is 4.76. The van der Waals surface area contributed by atoms with E-state index in [1.165, 1.54) is 6.20 Å². The number of aryl methyl sites for hydroxylation is 1. The van der Waals surface area contributed by atoms with Crippen molar-refractivity contribution in [3.05, 3.63) is 41.7 Å². The van der Waals surface area contributed by atoms with E-state index in [4.69, 9.17) is 0 Å². The number of pyridine rings is 2. The number of halogens is 1. The molecule has 2 aromatic heterocycles. The van der Waals surface area contributed by atoms with Gasteiger partial charge in [0.25, 0.3) is 5.91 Å². The van der Waals surface area contributed by atoms with Crippen molar-refractivity contribution in [3.63, 3.8) is 0 Å². The van der Waals surface area contributed by atoms with Crippen LogP contribution in [-0.2, 0) is 0 Å². The first-order valence-corrected chi connectivity index (χ1v) is 8.76. The van der Waals surface area contributed by atoms with Gasteiger partial charge in [-0.25, -0.2) is 14.4 Å². The molecule has 2 aromatic rings. The van der Waals surface area contributed by atoms with Crippen LogP contribution in [0.2, 0.25) is 0 Å². The number of hydrogen-bond donors (Lipinski definition) is 3. The van der Waals surface area contributed by atoms with Crippen molar-refractivity contribution >= 4 is 23.2 Å². The Bertz CT molecular complexity index is 791. The van der Waals surface area contributed by atoms with Crippen LogP contribution < -0.4 is 16.0 Å². The Morgan fingerprint density at radius 2 is 2.04 bits per heavy atom. The van der Waals surface area contributed by atoms with Crippen LogP contribution in [0, 0.1) is 6.92 Å². The van der Waals surface area contributed by atoms with E-state index >= 15 is 0 Å². The van der Waals surface area contributed by atoms with Gasteiger partial charge in [0.15, 0.2) is 0 Å². The minimum atomic E-state index is -1.30. The third-order valence-electron chi connectivity index (χ3n) is 4.76. The standard InChI is InChI=1S/C19H24FN5O/c1-12-6-7-16(22-10-12)25-17-9-14(13(11-23-17)18(26)21-3)24-15-5-4-8-19(15,2)20/h6-7,9-11,15H,4-5,8H2,1-3H3,(H,21,26)(H2,22,23,24,25)/t15-,19?/m0/s1. The van der Waals surface area contributed by atoms with E-state index in [0.717, 1.165) is 18.4 Å². The maximum absolute atomic E-state index is 14.7. The van der Waals surface area contributed by atoms with Crippen molar-refractivity contribution in [2.24, 2.45) is 0 Å². The number of nitrogens with zero attached hydrogens (tertiary/aromatic N) is 2. The van der Waals surface area contributed by atoms with Gasteiger partial charge >= 0.3 is 0 Å². The van der Waals surface area contributed by atoms with Gasteiger partial charge in [0, 0.05) is 25.5 Å². The molecule has 1 unspecified atom stereocenters. The van der Waals surface area contributed by atoms with Crippen LogP contribution in [0.1, 0.15) is 42.1 Å². The zero-order valence-corrected chi connectivity index (χ0v) is 15.3. The Morgan fingerprint density at radius 3 is 2.65 bits per heavy atom. The van der Waals surface area contributed by atoms with Crippen molar-refractivity contribution in [1.29, 1.82) is 0 Å². The van der Waals surface area contributed by atoms with Crippen molar-refractivity contribution in [3.8, 4) is 0 Å². The average Bonchev–Trinajstić information content (AvgIpc) is 2.95. The summed E-state index contributed by atoms with van der Waals surface area (Å²) in [5.41, 5.74) is 0.710. The maximum atomic E-state index is 14.7. The second-order valence-electron chi connectivity index (χ2n) is 6.91. The minimum Gasteiger partial charge on any atom is -0.378 e. The third kappa shape index (κ3) is 3.92. The molecular weight excluding hydrogens is 333 g/mol. The number of rotatable bonds is 5. The number of nitrogens with one attached hydrogen (secondary N) is 3. The molecule has 0 aliphatic heterocycles. The maximum Gasteiger partial charge on any atom is 0.254 e. The number of hydrogen-bond acceptors (Lipinski definition) is 5. The number of anilines is 3. The number of carbonyl (C=O) groups excluding carboxylic acids is 1. The molecule has 0 aromatic carbocycles. The van der Waals surface area contributed by atoms with Crippen LogP contribution in [-0.4, -0.2) is 34.6 Å². The lowest BCUT2D eigenvalue weighted by Gasteiger charge is -2.26. The van der Waals surface area contributed by atoms with Gasteiger partial charge in [0.1, 0.15) is 17.3 Å². The molecule has 3 N–H and O–H groups in total. The highest BCUT2D eigenvalue weighted by molar-refractivity contribution is 5.99. The van der Waals surface area contributed by atoms with Gasteiger partial charge in [0.2, 0.25) is 0 Å². The van der Waals surface area contributed by atoms with E-state index in [1.807, 2.05) is 19.1 Å². The van der Waals surface area contributed by atoms with Crippen LogP contribution in [0.25, 0.3) is 0 Å². The zero-order valence-electron chi connectivity index (χ0n) is 15.3. The number of carbonyl (C=O) groups is 1. The van der Waals surface area contributed by atoms with Gasteiger partial charge in [-0.3, -0.25) is 4.79 Å². The molecule has 138 valence electrons. The molecule has 1 amide bonds. The smallest absolute Gasteiger partial charge is 0.254 e. The van der Waals surface area contributed by atoms with Crippen LogP contribution in [0.15, 0.2) is 30.6 Å².